The van der Waals surface area contributed by atoms with E-state index in [1.165, 1.54) is 0 Å². The standard InChI is InChI=1S/4ClH.HNO2.Na.Sn/c;;;;2-1-3;;/h4*1H;(H,2,3);;/q;;;;;+1;+4/p-5. The molecule has 3 nitrogen and oxygen atoms in total. The predicted octanol–water partition coefficient (Wildman–Crippen LogP) is -0.368. The van der Waals surface area contributed by atoms with Gasteiger partial charge in [-0.3, -0.25) is 0 Å². The maximum atomic E-state index is 8.00. The predicted molar refractivity (Wildman–Crippen MR) is 38.3 cm³/mol. The largest absolute Gasteiger partial charge is 1.00 e. The third-order valence-electron chi connectivity index (χ3n) is 0. The van der Waals surface area contributed by atoms with E-state index < -0.39 is 13.9 Å². The minimum Gasteiger partial charge on any atom is 1.00 e. The Morgan fingerprint density at radius 3 is 1.22 bits per heavy atom. The SMILES string of the molecule is O=N[O-].[Cl][Sn]([Cl])([Cl])[Cl].[Na+]. The molecule has 0 saturated heterocycles. The van der Waals surface area contributed by atoms with Crippen molar-refractivity contribution in [1.29, 1.82) is 0 Å². The number of rotatable bonds is 0. The van der Waals surface area contributed by atoms with Crippen LogP contribution in [0.4, 0.5) is 0 Å². The minimum atomic E-state index is -3.29. The van der Waals surface area contributed by atoms with Crippen molar-refractivity contribution in [2.75, 3.05) is 0 Å². The molecule has 0 bridgehead atoms. The van der Waals surface area contributed by atoms with Crippen LogP contribution in [0.15, 0.2) is 5.34 Å². The van der Waals surface area contributed by atoms with E-state index in [9.17, 15) is 0 Å². The van der Waals surface area contributed by atoms with Crippen LogP contribution < -0.4 is 29.6 Å². The van der Waals surface area contributed by atoms with Gasteiger partial charge in [-0.05, 0) is 0 Å². The summed E-state index contributed by atoms with van der Waals surface area (Å²) in [6.07, 6.45) is 0. The van der Waals surface area contributed by atoms with Gasteiger partial charge in [-0.25, -0.2) is 0 Å². The summed E-state index contributed by atoms with van der Waals surface area (Å²) in [5.41, 5.74) is 0. The molecule has 0 atom stereocenters. The first kappa shape index (κ1) is 17.4. The normalized spacial score (nSPS) is 8.00. The minimum absolute atomic E-state index is 0. The van der Waals surface area contributed by atoms with Crippen LogP contribution in [0.3, 0.4) is 0 Å². The summed E-state index contributed by atoms with van der Waals surface area (Å²) >= 11 is -3.29. The molecule has 9 heavy (non-hydrogen) atoms. The van der Waals surface area contributed by atoms with Crippen LogP contribution in [0.25, 0.3) is 0 Å². The molecule has 0 radical (unpaired) electrons. The topological polar surface area (TPSA) is 52.5 Å². The van der Waals surface area contributed by atoms with Gasteiger partial charge in [-0.1, -0.05) is 0 Å². The van der Waals surface area contributed by atoms with Crippen LogP contribution in [0.1, 0.15) is 0 Å². The quantitative estimate of drug-likeness (QED) is 0.346. The summed E-state index contributed by atoms with van der Waals surface area (Å²) in [4.78, 5) is 8.00. The fourth-order valence-corrected chi connectivity index (χ4v) is 0. The summed E-state index contributed by atoms with van der Waals surface area (Å²) < 4.78 is 0. The smallest absolute Gasteiger partial charge is 1.00 e. The molecule has 0 spiro atoms. The van der Waals surface area contributed by atoms with E-state index in [2.05, 4.69) is 0 Å². The van der Waals surface area contributed by atoms with Gasteiger partial charge in [0.1, 0.15) is 0 Å². The average molecular weight is 330 g/mol. The molecule has 0 heterocycles. The fourth-order valence-electron chi connectivity index (χ4n) is 0. The van der Waals surface area contributed by atoms with Gasteiger partial charge in [0.25, 0.3) is 0 Å². The molecule has 0 saturated carbocycles. The summed E-state index contributed by atoms with van der Waals surface area (Å²) in [6.45, 7) is 0. The van der Waals surface area contributed by atoms with Crippen molar-refractivity contribution in [3.63, 3.8) is 0 Å². The van der Waals surface area contributed by atoms with Crippen LogP contribution in [0.5, 0.6) is 0 Å². The Labute approximate surface area is 92.9 Å². The Hall–Kier alpha value is 2.36. The molecule has 0 fully saturated rings. The van der Waals surface area contributed by atoms with Crippen molar-refractivity contribution in [3.05, 3.63) is 10.1 Å². The van der Waals surface area contributed by atoms with Crippen LogP contribution in [0, 0.1) is 10.1 Å². The van der Waals surface area contributed by atoms with E-state index in [1.807, 2.05) is 0 Å². The Morgan fingerprint density at radius 1 is 1.22 bits per heavy atom. The zero-order chi connectivity index (χ0) is 7.21. The van der Waals surface area contributed by atoms with Gasteiger partial charge in [0, 0.05) is 0 Å². The number of nitrogens with zero attached hydrogens (tertiary/aromatic N) is 1. The first-order chi connectivity index (χ1) is 3.41. The van der Waals surface area contributed by atoms with E-state index in [4.69, 9.17) is 45.8 Å². The van der Waals surface area contributed by atoms with Gasteiger partial charge in [-0.2, -0.15) is 0 Å². The maximum absolute atomic E-state index is 8.00. The zero-order valence-corrected chi connectivity index (χ0v) is 12.2. The summed E-state index contributed by atoms with van der Waals surface area (Å²) in [7, 11) is 20.1. The molecule has 9 heteroatoms. The molecule has 0 aromatic rings. The Kier molecular flexibility index (Phi) is 20.1. The van der Waals surface area contributed by atoms with Crippen molar-refractivity contribution in [2.45, 2.75) is 0 Å². The molecule has 0 aromatic carbocycles. The monoisotopic (exact) mass is 329 g/mol. The second-order valence-corrected chi connectivity index (χ2v) is 25.9. The van der Waals surface area contributed by atoms with E-state index in [-0.39, 0.29) is 29.6 Å². The molecule has 0 aliphatic rings. The van der Waals surface area contributed by atoms with Crippen molar-refractivity contribution in [1.82, 2.24) is 0 Å². The summed E-state index contributed by atoms with van der Waals surface area (Å²) in [6, 6.07) is 0. The van der Waals surface area contributed by atoms with Crippen LogP contribution in [-0.4, -0.2) is 13.9 Å². The van der Waals surface area contributed by atoms with Crippen molar-refractivity contribution in [3.8, 4) is 0 Å². The fraction of sp³-hybridized carbons (Fsp3) is 0. The summed E-state index contributed by atoms with van der Waals surface area (Å²) in [5, 5.41) is 9.00. The van der Waals surface area contributed by atoms with Crippen molar-refractivity contribution < 1.29 is 29.6 Å². The Balaban J connectivity index is -0.0000000800. The van der Waals surface area contributed by atoms with E-state index >= 15 is 0 Å². The number of hydrogen-bond acceptors (Lipinski definition) is 3. The van der Waals surface area contributed by atoms with Gasteiger partial charge in [0.2, 0.25) is 0 Å². The zero-order valence-electron chi connectivity index (χ0n) is 4.28. The van der Waals surface area contributed by atoms with Crippen LogP contribution in [0.2, 0.25) is 0 Å². The van der Waals surface area contributed by atoms with Crippen molar-refractivity contribution in [2.24, 2.45) is 5.34 Å². The molecule has 50 valence electrons. The second kappa shape index (κ2) is 10.4. The van der Waals surface area contributed by atoms with Gasteiger partial charge in [0.05, 0.1) is 0 Å². The van der Waals surface area contributed by atoms with Gasteiger partial charge < -0.3 is 10.1 Å². The third kappa shape index (κ3) is 130. The molecular weight excluding hydrogens is 330 g/mol. The number of halogens is 4. The number of hydrogen-bond donors (Lipinski definition) is 0. The Morgan fingerprint density at radius 2 is 1.22 bits per heavy atom. The van der Waals surface area contributed by atoms with E-state index in [0.717, 1.165) is 5.34 Å². The second-order valence-electron chi connectivity index (χ2n) is 0.503. The molecule has 0 unspecified atom stereocenters. The molecule has 0 amide bonds. The average Bonchev–Trinajstić information content (AvgIpc) is 1.27. The molecule has 0 aromatic heterocycles. The third-order valence-corrected chi connectivity index (χ3v) is 0. The maximum Gasteiger partial charge on any atom is 1.00 e. The molecular formula is Cl4NNaO2Sn. The molecule has 0 aliphatic carbocycles. The van der Waals surface area contributed by atoms with Crippen molar-refractivity contribution >= 4 is 49.6 Å². The van der Waals surface area contributed by atoms with Gasteiger partial charge in [0.15, 0.2) is 0 Å². The molecule has 0 rings (SSSR count). The first-order valence-corrected chi connectivity index (χ1v) is 15.6. The summed E-state index contributed by atoms with van der Waals surface area (Å²) in [5.74, 6) is 0. The van der Waals surface area contributed by atoms with Crippen LogP contribution in [-0.2, 0) is 0 Å². The Bertz CT molecular complexity index is 58.1. The van der Waals surface area contributed by atoms with Gasteiger partial charge in [-0.15, -0.1) is 5.34 Å². The molecule has 0 N–H and O–H groups in total. The first-order valence-electron chi connectivity index (χ1n) is 1.12. The van der Waals surface area contributed by atoms with E-state index in [0.29, 0.717) is 0 Å². The van der Waals surface area contributed by atoms with Crippen LogP contribution >= 0.6 is 35.7 Å². The van der Waals surface area contributed by atoms with E-state index in [1.54, 1.807) is 0 Å². The van der Waals surface area contributed by atoms with Gasteiger partial charge >= 0.3 is 79.1 Å². The molecule has 0 aliphatic heterocycles.